The first-order valence-electron chi connectivity index (χ1n) is 6.71. The predicted octanol–water partition coefficient (Wildman–Crippen LogP) is 2.28. The molecule has 6 atom stereocenters. The number of carbonyl (C=O) groups is 2. The quantitative estimate of drug-likeness (QED) is 0.580. The van der Waals surface area contributed by atoms with Gasteiger partial charge in [-0.25, -0.2) is 4.90 Å². The number of nitrogens with zero attached hydrogens (tertiary/aromatic N) is 1. The fourth-order valence-electron chi connectivity index (χ4n) is 3.91. The number of imide groups is 1. The van der Waals surface area contributed by atoms with Crippen LogP contribution in [0, 0.1) is 11.8 Å². The summed E-state index contributed by atoms with van der Waals surface area (Å²) in [6.45, 7) is 0. The number of epoxide rings is 1. The normalized spacial score (nSPS) is 40.5. The zero-order valence-corrected chi connectivity index (χ0v) is 12.0. The van der Waals surface area contributed by atoms with Crippen molar-refractivity contribution in [3.63, 3.8) is 0 Å². The molecule has 1 aromatic rings. The third-order valence-electron chi connectivity index (χ3n) is 4.73. The smallest absolute Gasteiger partial charge is 0.240 e. The van der Waals surface area contributed by atoms with Crippen molar-refractivity contribution in [2.45, 2.75) is 31.8 Å². The van der Waals surface area contributed by atoms with Crippen LogP contribution >= 0.6 is 23.2 Å². The number of halogens is 2. The minimum Gasteiger partial charge on any atom is -0.368 e. The van der Waals surface area contributed by atoms with Crippen LogP contribution in [0.15, 0.2) is 18.2 Å². The van der Waals surface area contributed by atoms with E-state index < -0.39 is 11.8 Å². The molecule has 4 aliphatic heterocycles. The van der Waals surface area contributed by atoms with Crippen LogP contribution in [0.1, 0.15) is 7.43 Å². The molecule has 5 rings (SSSR count). The van der Waals surface area contributed by atoms with Crippen molar-refractivity contribution in [1.82, 2.24) is 0 Å². The molecule has 0 spiro atoms. The SMILES string of the molecule is C.O=C1[C@@H]2C3OC([C@H]4O[C@@H]34)[C@@H]2C(=O)N1c1cc(Cl)cc(Cl)c1. The molecule has 2 amide bonds. The molecule has 0 N–H and O–H groups in total. The van der Waals surface area contributed by atoms with E-state index in [0.717, 1.165) is 0 Å². The highest BCUT2D eigenvalue weighted by molar-refractivity contribution is 6.35. The number of rotatable bonds is 1. The maximum absolute atomic E-state index is 12.7. The number of benzene rings is 1. The molecular weight excluding hydrogens is 329 g/mol. The molecule has 0 aromatic heterocycles. The number of amides is 2. The van der Waals surface area contributed by atoms with E-state index in [-0.39, 0.29) is 43.7 Å². The standard InChI is InChI=1S/C14H9Cl2NO4.CH4/c15-4-1-5(16)3-6(2-4)17-13(18)7-8(14(17)19)10-12-11(21-12)9(7)20-10;/h1-3,7-12H;1H4/t7-,8+,9?,10?,11-,12+;. The van der Waals surface area contributed by atoms with Gasteiger partial charge in [-0.15, -0.1) is 0 Å². The molecule has 2 bridgehead atoms. The summed E-state index contributed by atoms with van der Waals surface area (Å²) in [6.07, 6.45) is -0.617. The molecule has 4 saturated heterocycles. The molecule has 7 heteroatoms. The van der Waals surface area contributed by atoms with Gasteiger partial charge < -0.3 is 9.47 Å². The van der Waals surface area contributed by atoms with Crippen molar-refractivity contribution in [2.75, 3.05) is 4.90 Å². The highest BCUT2D eigenvalue weighted by Crippen LogP contribution is 2.57. The fourth-order valence-corrected chi connectivity index (χ4v) is 4.42. The zero-order chi connectivity index (χ0) is 14.5. The van der Waals surface area contributed by atoms with Gasteiger partial charge in [-0.2, -0.15) is 0 Å². The lowest BCUT2D eigenvalue weighted by molar-refractivity contribution is -0.126. The van der Waals surface area contributed by atoms with Gasteiger partial charge in [0.15, 0.2) is 0 Å². The molecule has 0 aliphatic carbocycles. The van der Waals surface area contributed by atoms with Crippen LogP contribution in [0.4, 0.5) is 5.69 Å². The number of ether oxygens (including phenoxy) is 2. The van der Waals surface area contributed by atoms with Crippen LogP contribution in [0.5, 0.6) is 0 Å². The molecule has 1 aromatic carbocycles. The average Bonchev–Trinajstić information content (AvgIpc) is 2.92. The van der Waals surface area contributed by atoms with Crippen LogP contribution in [-0.4, -0.2) is 36.2 Å². The van der Waals surface area contributed by atoms with E-state index in [0.29, 0.717) is 15.7 Å². The van der Waals surface area contributed by atoms with Crippen molar-refractivity contribution in [3.8, 4) is 0 Å². The van der Waals surface area contributed by atoms with Crippen LogP contribution in [0.25, 0.3) is 0 Å². The summed E-state index contributed by atoms with van der Waals surface area (Å²) in [5, 5.41) is 0.779. The Morgan fingerprint density at radius 1 is 0.818 bits per heavy atom. The molecule has 0 radical (unpaired) electrons. The second kappa shape index (κ2) is 4.45. The largest absolute Gasteiger partial charge is 0.368 e. The van der Waals surface area contributed by atoms with Gasteiger partial charge in [0.1, 0.15) is 12.2 Å². The summed E-state index contributed by atoms with van der Waals surface area (Å²) in [4.78, 5) is 26.5. The second-order valence-corrected chi connectivity index (χ2v) is 6.69. The van der Waals surface area contributed by atoms with E-state index in [1.807, 2.05) is 0 Å². The summed E-state index contributed by atoms with van der Waals surface area (Å²) in [5.41, 5.74) is 0.422. The monoisotopic (exact) mass is 341 g/mol. The molecule has 4 aliphatic rings. The lowest BCUT2D eigenvalue weighted by Gasteiger charge is -2.18. The molecule has 4 fully saturated rings. The van der Waals surface area contributed by atoms with Gasteiger partial charge in [0, 0.05) is 10.0 Å². The third kappa shape index (κ3) is 1.62. The minimum absolute atomic E-state index is 0. The van der Waals surface area contributed by atoms with Gasteiger partial charge in [-0.1, -0.05) is 30.6 Å². The van der Waals surface area contributed by atoms with E-state index in [1.54, 1.807) is 18.2 Å². The van der Waals surface area contributed by atoms with Gasteiger partial charge in [-0.3, -0.25) is 9.59 Å². The Kier molecular flexibility index (Phi) is 2.92. The van der Waals surface area contributed by atoms with Gasteiger partial charge in [0.05, 0.1) is 29.7 Å². The second-order valence-electron chi connectivity index (χ2n) is 5.82. The Labute approximate surface area is 137 Å². The van der Waals surface area contributed by atoms with E-state index >= 15 is 0 Å². The Bertz CT molecular complexity index is 657. The summed E-state index contributed by atoms with van der Waals surface area (Å²) < 4.78 is 11.2. The van der Waals surface area contributed by atoms with Gasteiger partial charge >= 0.3 is 0 Å². The minimum atomic E-state index is -0.441. The van der Waals surface area contributed by atoms with Gasteiger partial charge in [0.2, 0.25) is 11.8 Å². The van der Waals surface area contributed by atoms with E-state index in [2.05, 4.69) is 0 Å². The summed E-state index contributed by atoms with van der Waals surface area (Å²) in [5.74, 6) is -1.37. The number of hydrogen-bond acceptors (Lipinski definition) is 4. The highest BCUT2D eigenvalue weighted by Gasteiger charge is 2.75. The first-order chi connectivity index (χ1) is 10.1. The molecule has 116 valence electrons. The van der Waals surface area contributed by atoms with E-state index in [9.17, 15) is 9.59 Å². The topological polar surface area (TPSA) is 59.1 Å². The van der Waals surface area contributed by atoms with Crippen molar-refractivity contribution < 1.29 is 19.1 Å². The Morgan fingerprint density at radius 2 is 1.27 bits per heavy atom. The number of carbonyl (C=O) groups excluding carboxylic acids is 2. The van der Waals surface area contributed by atoms with Crippen LogP contribution in [0.3, 0.4) is 0 Å². The summed E-state index contributed by atoms with van der Waals surface area (Å²) >= 11 is 11.9. The van der Waals surface area contributed by atoms with Crippen LogP contribution in [0.2, 0.25) is 10.0 Å². The van der Waals surface area contributed by atoms with Crippen molar-refractivity contribution in [2.24, 2.45) is 11.8 Å². The Hall–Kier alpha value is -1.14. The van der Waals surface area contributed by atoms with Gasteiger partial charge in [0.25, 0.3) is 0 Å². The van der Waals surface area contributed by atoms with Crippen molar-refractivity contribution >= 4 is 40.7 Å². The molecular formula is C15H13Cl2NO4. The first kappa shape index (κ1) is 14.5. The van der Waals surface area contributed by atoms with Crippen LogP contribution in [-0.2, 0) is 19.1 Å². The average molecular weight is 342 g/mol. The lowest BCUT2D eigenvalue weighted by Crippen LogP contribution is -2.35. The van der Waals surface area contributed by atoms with E-state index in [4.69, 9.17) is 32.7 Å². The summed E-state index contributed by atoms with van der Waals surface area (Å²) in [6, 6.07) is 4.71. The maximum Gasteiger partial charge on any atom is 0.240 e. The van der Waals surface area contributed by atoms with Crippen molar-refractivity contribution in [1.29, 1.82) is 0 Å². The third-order valence-corrected chi connectivity index (χ3v) is 5.17. The Balaban J connectivity index is 0.00000125. The molecule has 4 heterocycles. The Morgan fingerprint density at radius 3 is 1.77 bits per heavy atom. The maximum atomic E-state index is 12.7. The molecule has 2 unspecified atom stereocenters. The number of anilines is 1. The lowest BCUT2D eigenvalue weighted by atomic mass is 9.81. The molecule has 5 nitrogen and oxygen atoms in total. The fraction of sp³-hybridized carbons (Fsp3) is 0.467. The zero-order valence-electron chi connectivity index (χ0n) is 10.5. The predicted molar refractivity (Wildman–Crippen MR) is 80.0 cm³/mol. The van der Waals surface area contributed by atoms with Crippen LogP contribution < -0.4 is 4.90 Å². The first-order valence-corrected chi connectivity index (χ1v) is 7.47. The van der Waals surface area contributed by atoms with E-state index in [1.165, 1.54) is 4.90 Å². The number of hydrogen-bond donors (Lipinski definition) is 0. The summed E-state index contributed by atoms with van der Waals surface area (Å²) in [7, 11) is 0. The van der Waals surface area contributed by atoms with Crippen molar-refractivity contribution in [3.05, 3.63) is 28.2 Å². The molecule has 0 saturated carbocycles. The number of fused-ring (bicyclic) bond motifs is 8. The van der Waals surface area contributed by atoms with Gasteiger partial charge in [-0.05, 0) is 18.2 Å². The highest BCUT2D eigenvalue weighted by atomic mass is 35.5. The molecule has 22 heavy (non-hydrogen) atoms.